The molecule has 3 saturated heterocycles. The summed E-state index contributed by atoms with van der Waals surface area (Å²) in [5.41, 5.74) is 9.31. The van der Waals surface area contributed by atoms with Crippen LogP contribution >= 0.6 is 0 Å². The number of ether oxygens (including phenoxy) is 6. The van der Waals surface area contributed by atoms with Crippen molar-refractivity contribution < 1.29 is 90.1 Å². The van der Waals surface area contributed by atoms with Gasteiger partial charge in [0.2, 0.25) is 5.91 Å². The number of nitrogens with zero attached hydrogens (tertiary/aromatic N) is 3. The van der Waals surface area contributed by atoms with E-state index in [9.17, 15) is 43.2 Å². The number of nitrogens with two attached hydrogens (primary N) is 1. The van der Waals surface area contributed by atoms with Gasteiger partial charge in [-0.05, 0) is 150 Å². The van der Waals surface area contributed by atoms with Crippen LogP contribution in [0.1, 0.15) is 190 Å². The van der Waals surface area contributed by atoms with E-state index in [0.717, 1.165) is 27.1 Å². The van der Waals surface area contributed by atoms with Crippen molar-refractivity contribution in [2.24, 2.45) is 17.6 Å². The Morgan fingerprint density at radius 3 is 1.65 bits per heavy atom. The SMILES string of the molecule is C=C1C[C@@H](CC)N(C(=O)c2cc(OC)c(OCCCCCOc3cc(NC(=O)OCc4ccc(CC(=O)[C@H](CCCNC(N)=O)NC(=O)[C@@H](CC(=O)CCCCCN5C(=O)C=CC5=O)C(C)C)cc4)c(C(=O)N4CC(=C)C[C@H]4CO[Si](C)(C)C(C)(C)C)cc3OC)cc2NC(=O)OCc2ccc(B3OC(C)(C)C(C)(C)O3)cc2)C1. The Bertz CT molecular complexity index is 4140. The monoisotopic (exact) mass is 1590 g/mol. The minimum absolute atomic E-state index is 0.0451. The van der Waals surface area contributed by atoms with Gasteiger partial charge in [-0.2, -0.15) is 0 Å². The molecule has 4 atom stereocenters. The van der Waals surface area contributed by atoms with E-state index in [0.29, 0.717) is 81.9 Å². The molecule has 0 unspecified atom stereocenters. The molecule has 6 N–H and O–H groups in total. The van der Waals surface area contributed by atoms with Crippen LogP contribution < -0.4 is 51.4 Å². The summed E-state index contributed by atoms with van der Waals surface area (Å²) in [7, 11) is 0.121. The molecule has 4 aromatic rings. The number of anilines is 2. The van der Waals surface area contributed by atoms with Gasteiger partial charge in [-0.15, -0.1) is 0 Å². The van der Waals surface area contributed by atoms with Gasteiger partial charge in [-0.25, -0.2) is 14.4 Å². The van der Waals surface area contributed by atoms with Crippen LogP contribution in [-0.2, 0) is 66.8 Å². The number of hydrogen-bond acceptors (Lipinski definition) is 19. The quantitative estimate of drug-likeness (QED) is 0.0119. The molecule has 4 aliphatic rings. The number of urea groups is 1. The topological polar surface area (TPSA) is 338 Å². The second-order valence-electron chi connectivity index (χ2n) is 32.7. The fraction of sp³-hybridized carbons (Fsp3) is 0.529. The maximum Gasteiger partial charge on any atom is 0.494 e. The van der Waals surface area contributed by atoms with Gasteiger partial charge in [0, 0.05) is 81.7 Å². The zero-order valence-electron chi connectivity index (χ0n) is 68.9. The van der Waals surface area contributed by atoms with Crippen molar-refractivity contribution in [2.45, 2.75) is 220 Å². The van der Waals surface area contributed by atoms with Crippen LogP contribution in [0.2, 0.25) is 18.1 Å². The van der Waals surface area contributed by atoms with Crippen LogP contribution in [0.3, 0.4) is 0 Å². The first-order chi connectivity index (χ1) is 53.9. The van der Waals surface area contributed by atoms with Crippen molar-refractivity contribution in [3.63, 3.8) is 0 Å². The molecule has 0 radical (unpaired) electrons. The van der Waals surface area contributed by atoms with Gasteiger partial charge in [-0.3, -0.25) is 49.1 Å². The molecular formula is C85H117BN8O19Si. The van der Waals surface area contributed by atoms with Crippen LogP contribution in [0.5, 0.6) is 23.0 Å². The number of rotatable bonds is 41. The van der Waals surface area contributed by atoms with Crippen molar-refractivity contribution in [2.75, 3.05) is 70.9 Å². The average Bonchev–Trinajstić information content (AvgIpc) is 1.45. The van der Waals surface area contributed by atoms with Crippen LogP contribution in [0.25, 0.3) is 0 Å². The third-order valence-electron chi connectivity index (χ3n) is 22.1. The maximum absolute atomic E-state index is 15.0. The van der Waals surface area contributed by atoms with Crippen molar-refractivity contribution in [1.82, 2.24) is 25.3 Å². The van der Waals surface area contributed by atoms with Crippen molar-refractivity contribution in [1.29, 1.82) is 0 Å². The first-order valence-corrected chi connectivity index (χ1v) is 42.4. The van der Waals surface area contributed by atoms with Crippen molar-refractivity contribution in [3.05, 3.63) is 137 Å². The predicted molar refractivity (Wildman–Crippen MR) is 437 cm³/mol. The van der Waals surface area contributed by atoms with Crippen molar-refractivity contribution >= 4 is 91.6 Å². The minimum atomic E-state index is -2.25. The standard InChI is InChI=1S/C85H117BN8O19Si/c1-17-61-41-55(4)49-93(61)78(100)65-45-71(105-13)73(47-68(65)90-82(104)110-52-59-31-33-60(34-32-59)86-112-84(9,10)85(11,12)113-86)107-39-22-19-23-40-108-74-48-69(66(46-72(74)106-14)79(101)94-50-56(5)42-62(94)53-111-114(15,16)83(6,7)8)91-81(103)109-51-58-29-27-57(28-30-58)43-70(96)67(26-24-37-88-80(87)102)89-77(99)64(54(2)3)44-63(95)25-20-18-21-38-92-75(97)35-36-76(92)98/h27-36,45-48,54,61-62,64,67H,4-5,17-26,37-44,49-53H2,1-3,6-16H3,(H,89,99)(H,90,104)(H,91,103)(H3,87,88,102)/t61-,62+,64+,67+/m1/s1. The highest BCUT2D eigenvalue weighted by atomic mass is 28.4. The van der Waals surface area contributed by atoms with E-state index in [-0.39, 0.29) is 176 Å². The summed E-state index contributed by atoms with van der Waals surface area (Å²) in [4.78, 5) is 138. The molecular weight excluding hydrogens is 1480 g/mol. The highest BCUT2D eigenvalue weighted by molar-refractivity contribution is 6.74. The Morgan fingerprint density at radius 1 is 0.667 bits per heavy atom. The molecule has 0 spiro atoms. The number of imide groups is 1. The molecule has 4 aromatic carbocycles. The summed E-state index contributed by atoms with van der Waals surface area (Å²) in [5.74, 6) is -2.30. The van der Waals surface area contributed by atoms with Gasteiger partial charge in [0.05, 0.1) is 79.8 Å². The molecule has 29 heteroatoms. The number of ketones is 2. The number of methoxy groups -OCH3 is 2. The van der Waals surface area contributed by atoms with Gasteiger partial charge in [-0.1, -0.05) is 121 Å². The summed E-state index contributed by atoms with van der Waals surface area (Å²) in [6.07, 6.45) is 6.52. The molecule has 0 saturated carbocycles. The van der Waals surface area contributed by atoms with Crippen LogP contribution in [0.4, 0.5) is 25.8 Å². The number of benzene rings is 4. The maximum atomic E-state index is 15.0. The van der Waals surface area contributed by atoms with E-state index < -0.39 is 68.6 Å². The largest absolute Gasteiger partial charge is 0.494 e. The average molecular weight is 1590 g/mol. The van der Waals surface area contributed by atoms with E-state index in [1.165, 1.54) is 38.5 Å². The molecule has 3 fully saturated rings. The summed E-state index contributed by atoms with van der Waals surface area (Å²) < 4.78 is 55.0. The molecule has 9 amide bonds. The Kier molecular flexibility index (Phi) is 31.8. The molecule has 0 aliphatic carbocycles. The lowest BCUT2D eigenvalue weighted by molar-refractivity contribution is -0.137. The number of nitrogens with one attached hydrogen (secondary N) is 4. The number of carbonyl (C=O) groups excluding carboxylic acids is 10. The number of unbranched alkanes of at least 4 members (excludes halogenated alkanes) is 4. The molecule has 4 aliphatic heterocycles. The Labute approximate surface area is 672 Å². The number of hydrogen-bond donors (Lipinski definition) is 5. The predicted octanol–water partition coefficient (Wildman–Crippen LogP) is 12.9. The summed E-state index contributed by atoms with van der Waals surface area (Å²) in [6.45, 7) is 34.2. The zero-order valence-corrected chi connectivity index (χ0v) is 69.9. The fourth-order valence-electron chi connectivity index (χ4n) is 13.5. The van der Waals surface area contributed by atoms with Gasteiger partial charge in [0.15, 0.2) is 37.1 Å². The van der Waals surface area contributed by atoms with Crippen LogP contribution in [-0.4, -0.2) is 179 Å². The van der Waals surface area contributed by atoms with E-state index >= 15 is 4.79 Å². The molecule has 114 heavy (non-hydrogen) atoms. The minimum Gasteiger partial charge on any atom is -0.493 e. The molecule has 0 aromatic heterocycles. The van der Waals surface area contributed by atoms with Crippen LogP contribution in [0.15, 0.2) is 109 Å². The second kappa shape index (κ2) is 40.4. The molecule has 0 bridgehead atoms. The molecule has 618 valence electrons. The molecule has 4 heterocycles. The zero-order chi connectivity index (χ0) is 83.4. The summed E-state index contributed by atoms with van der Waals surface area (Å²) in [6, 6.07) is 18.3. The van der Waals surface area contributed by atoms with E-state index in [1.54, 1.807) is 46.2 Å². The fourth-order valence-corrected chi connectivity index (χ4v) is 14.5. The summed E-state index contributed by atoms with van der Waals surface area (Å²) >= 11 is 0. The Morgan fingerprint density at radius 2 is 1.16 bits per heavy atom. The molecule has 8 rings (SSSR count). The van der Waals surface area contributed by atoms with Gasteiger partial charge in [0.25, 0.3) is 23.6 Å². The number of likely N-dealkylation sites (tertiary alicyclic amines) is 2. The van der Waals surface area contributed by atoms with E-state index in [4.69, 9.17) is 47.9 Å². The second-order valence-corrected chi connectivity index (χ2v) is 37.5. The number of carbonyl (C=O) groups is 10. The summed E-state index contributed by atoms with van der Waals surface area (Å²) in [5, 5.41) is 10.9. The van der Waals surface area contributed by atoms with Gasteiger partial charge in [0.1, 0.15) is 19.0 Å². The lowest BCUT2D eigenvalue weighted by Crippen LogP contribution is -2.46. The first kappa shape index (κ1) is 89.7. The smallest absolute Gasteiger partial charge is 0.493 e. The normalized spacial score (nSPS) is 17.1. The number of amides is 9. The van der Waals surface area contributed by atoms with E-state index in [2.05, 4.69) is 68.3 Å². The van der Waals surface area contributed by atoms with Gasteiger partial charge >= 0.3 is 25.3 Å². The third-order valence-corrected chi connectivity index (χ3v) is 26.6. The Balaban J connectivity index is 0.907. The van der Waals surface area contributed by atoms with Crippen LogP contribution in [0, 0.1) is 11.8 Å². The van der Waals surface area contributed by atoms with Crippen molar-refractivity contribution in [3.8, 4) is 23.0 Å². The lowest BCUT2D eigenvalue weighted by atomic mass is 9.79. The Hall–Kier alpha value is -9.84. The third kappa shape index (κ3) is 24.6. The first-order valence-electron chi connectivity index (χ1n) is 39.5. The van der Waals surface area contributed by atoms with Gasteiger partial charge < -0.3 is 68.3 Å². The lowest BCUT2D eigenvalue weighted by Gasteiger charge is -2.38. The van der Waals surface area contributed by atoms with E-state index in [1.807, 2.05) is 72.7 Å². The highest BCUT2D eigenvalue weighted by Crippen LogP contribution is 2.42. The number of Topliss-reactive ketones (excluding diaryl/α,β-unsaturated/α-hetero) is 2. The highest BCUT2D eigenvalue weighted by Gasteiger charge is 2.52. The molecule has 27 nitrogen and oxygen atoms in total. The number of primary amides is 1.